The average Bonchev–Trinajstić information content (AvgIpc) is 3.82. The highest BCUT2D eigenvalue weighted by Crippen LogP contribution is 2.52. The lowest BCUT2D eigenvalue weighted by Crippen LogP contribution is -2.17. The van der Waals surface area contributed by atoms with Crippen molar-refractivity contribution in [3.8, 4) is 22.5 Å². The summed E-state index contributed by atoms with van der Waals surface area (Å²) in [4.78, 5) is 2.41. The Balaban J connectivity index is 1.24. The van der Waals surface area contributed by atoms with E-state index in [0.717, 1.165) is 61.3 Å². The predicted octanol–water partition coefficient (Wildman–Crippen LogP) is 13.8. The van der Waals surface area contributed by atoms with Crippen LogP contribution >= 0.6 is 0 Å². The molecule has 0 spiro atoms. The molecule has 1 aliphatic carbocycles. The number of benzene rings is 8. The molecule has 0 aliphatic heterocycles. The highest BCUT2D eigenvalue weighted by atomic mass is 19.1. The number of anilines is 3. The first-order chi connectivity index (χ1) is 27.0. The number of nitrogens with zero attached hydrogens (tertiary/aromatic N) is 3. The highest BCUT2D eigenvalue weighted by molar-refractivity contribution is 6.15. The third kappa shape index (κ3) is 4.61. The maximum atomic E-state index is 15.0. The SMILES string of the molecule is CC1(C)c2ccccc2-c2ccc(N(c3ccc4c5ccccc5n(-c5ccccc5)c4c3)c3cccc4c5ccccc5n(-c5cccc(F)c5)c34)cc21. The summed E-state index contributed by atoms with van der Waals surface area (Å²) >= 11 is 0. The van der Waals surface area contributed by atoms with Gasteiger partial charge in [-0.25, -0.2) is 4.39 Å². The van der Waals surface area contributed by atoms with Gasteiger partial charge < -0.3 is 14.0 Å². The topological polar surface area (TPSA) is 13.1 Å². The van der Waals surface area contributed by atoms with Crippen molar-refractivity contribution in [3.05, 3.63) is 199 Å². The Morgan fingerprint density at radius 2 is 1.04 bits per heavy atom. The first-order valence-electron chi connectivity index (χ1n) is 18.9. The maximum Gasteiger partial charge on any atom is 0.125 e. The fourth-order valence-corrected chi connectivity index (χ4v) is 9.28. The number of rotatable bonds is 5. The van der Waals surface area contributed by atoms with E-state index in [1.807, 2.05) is 6.07 Å². The lowest BCUT2D eigenvalue weighted by atomic mass is 9.82. The van der Waals surface area contributed by atoms with Crippen molar-refractivity contribution in [3.63, 3.8) is 0 Å². The molecule has 4 heteroatoms. The van der Waals surface area contributed by atoms with Crippen molar-refractivity contribution in [2.75, 3.05) is 4.90 Å². The molecule has 0 saturated heterocycles. The summed E-state index contributed by atoms with van der Waals surface area (Å²) in [6.07, 6.45) is 0. The smallest absolute Gasteiger partial charge is 0.125 e. The summed E-state index contributed by atoms with van der Waals surface area (Å²) in [6.45, 7) is 4.66. The Morgan fingerprint density at radius 3 is 1.85 bits per heavy atom. The third-order valence-corrected chi connectivity index (χ3v) is 11.7. The van der Waals surface area contributed by atoms with Crippen LogP contribution < -0.4 is 4.90 Å². The van der Waals surface area contributed by atoms with Crippen LogP contribution in [0.25, 0.3) is 66.1 Å². The van der Waals surface area contributed by atoms with E-state index in [0.29, 0.717) is 0 Å². The van der Waals surface area contributed by atoms with Crippen molar-refractivity contribution in [1.82, 2.24) is 9.13 Å². The van der Waals surface area contributed by atoms with Crippen LogP contribution in [0.15, 0.2) is 182 Å². The van der Waals surface area contributed by atoms with Gasteiger partial charge in [-0.1, -0.05) is 123 Å². The number of para-hydroxylation sites is 4. The van der Waals surface area contributed by atoms with Crippen molar-refractivity contribution < 1.29 is 4.39 Å². The van der Waals surface area contributed by atoms with Crippen LogP contribution in [0.4, 0.5) is 21.5 Å². The summed E-state index contributed by atoms with van der Waals surface area (Å²) in [5.41, 5.74) is 14.4. The average molecular weight is 710 g/mol. The van der Waals surface area contributed by atoms with Gasteiger partial charge in [0.05, 0.1) is 27.8 Å². The van der Waals surface area contributed by atoms with Gasteiger partial charge in [0.25, 0.3) is 0 Å². The van der Waals surface area contributed by atoms with Gasteiger partial charge in [-0.2, -0.15) is 0 Å². The Hall–Kier alpha value is -6.91. The van der Waals surface area contributed by atoms with E-state index in [-0.39, 0.29) is 11.2 Å². The molecule has 0 bridgehead atoms. The van der Waals surface area contributed by atoms with Gasteiger partial charge in [0, 0.05) is 49.7 Å². The van der Waals surface area contributed by atoms with Crippen LogP contribution in [0.2, 0.25) is 0 Å². The second-order valence-corrected chi connectivity index (χ2v) is 15.1. The van der Waals surface area contributed by atoms with Gasteiger partial charge in [0.1, 0.15) is 5.82 Å². The molecule has 1 aliphatic rings. The number of aromatic nitrogens is 2. The molecule has 0 amide bonds. The quantitative estimate of drug-likeness (QED) is 0.173. The van der Waals surface area contributed by atoms with E-state index < -0.39 is 0 Å². The molecule has 0 fully saturated rings. The van der Waals surface area contributed by atoms with Gasteiger partial charge in [-0.15, -0.1) is 0 Å². The van der Waals surface area contributed by atoms with Gasteiger partial charge in [-0.3, -0.25) is 0 Å². The molecular formula is C51H36FN3. The summed E-state index contributed by atoms with van der Waals surface area (Å²) < 4.78 is 19.6. The fraction of sp³-hybridized carbons (Fsp3) is 0.0588. The molecule has 0 atom stereocenters. The Bertz CT molecular complexity index is 3150. The lowest BCUT2D eigenvalue weighted by Gasteiger charge is -2.29. The number of hydrogen-bond donors (Lipinski definition) is 0. The number of fused-ring (bicyclic) bond motifs is 9. The maximum absolute atomic E-state index is 15.0. The van der Waals surface area contributed by atoms with Crippen LogP contribution in [0, 0.1) is 5.82 Å². The zero-order valence-corrected chi connectivity index (χ0v) is 30.5. The Labute approximate surface area is 318 Å². The predicted molar refractivity (Wildman–Crippen MR) is 227 cm³/mol. The molecule has 0 radical (unpaired) electrons. The van der Waals surface area contributed by atoms with Crippen molar-refractivity contribution in [2.45, 2.75) is 19.3 Å². The molecule has 0 unspecified atom stereocenters. The Morgan fingerprint density at radius 1 is 0.436 bits per heavy atom. The summed E-state index contributed by atoms with van der Waals surface area (Å²) in [7, 11) is 0. The molecule has 8 aromatic carbocycles. The van der Waals surface area contributed by atoms with Gasteiger partial charge >= 0.3 is 0 Å². The van der Waals surface area contributed by atoms with E-state index in [1.54, 1.807) is 12.1 Å². The van der Waals surface area contributed by atoms with Gasteiger partial charge in [0.15, 0.2) is 0 Å². The molecule has 262 valence electrons. The minimum atomic E-state index is -0.266. The van der Waals surface area contributed by atoms with E-state index in [9.17, 15) is 0 Å². The van der Waals surface area contributed by atoms with Gasteiger partial charge in [0.2, 0.25) is 0 Å². The lowest BCUT2D eigenvalue weighted by molar-refractivity contribution is 0.627. The second-order valence-electron chi connectivity index (χ2n) is 15.1. The molecule has 3 nitrogen and oxygen atoms in total. The van der Waals surface area contributed by atoms with Crippen molar-refractivity contribution in [1.29, 1.82) is 0 Å². The van der Waals surface area contributed by atoms with Crippen LogP contribution in [0.1, 0.15) is 25.0 Å². The fourth-order valence-electron chi connectivity index (χ4n) is 9.28. The standard InChI is InChI=1S/C51H36FN3/c1-51(2)44-22-9-6-18-38(44)39-28-26-36(31-45(39)51)53(37-27-29-42-40-19-7-10-23-46(40)54(49(42)32-37)34-15-4-3-5-16-34)48-25-13-21-43-41-20-8-11-24-47(41)55(50(43)48)35-17-12-14-33(52)30-35/h3-32H,1-2H3. The summed E-state index contributed by atoms with van der Waals surface area (Å²) in [5, 5.41) is 4.63. The van der Waals surface area contributed by atoms with Crippen molar-refractivity contribution >= 4 is 60.7 Å². The zero-order chi connectivity index (χ0) is 36.8. The van der Waals surface area contributed by atoms with Crippen LogP contribution in [-0.2, 0) is 5.41 Å². The molecular weight excluding hydrogens is 674 g/mol. The number of hydrogen-bond acceptors (Lipinski definition) is 1. The van der Waals surface area contributed by atoms with Crippen molar-refractivity contribution in [2.24, 2.45) is 0 Å². The largest absolute Gasteiger partial charge is 0.309 e. The highest BCUT2D eigenvalue weighted by Gasteiger charge is 2.36. The van der Waals surface area contributed by atoms with Crippen LogP contribution in [0.3, 0.4) is 0 Å². The van der Waals surface area contributed by atoms with E-state index in [4.69, 9.17) is 0 Å². The Kier molecular flexibility index (Phi) is 6.78. The number of halogens is 1. The minimum Gasteiger partial charge on any atom is -0.309 e. The molecule has 10 aromatic rings. The van der Waals surface area contributed by atoms with E-state index >= 15 is 4.39 Å². The normalized spacial score (nSPS) is 13.1. The molecule has 0 saturated carbocycles. The monoisotopic (exact) mass is 709 g/mol. The molecule has 11 rings (SSSR count). The van der Waals surface area contributed by atoms with E-state index in [2.05, 4.69) is 186 Å². The zero-order valence-electron chi connectivity index (χ0n) is 30.5. The third-order valence-electron chi connectivity index (χ3n) is 11.7. The molecule has 2 aromatic heterocycles. The summed E-state index contributed by atoms with van der Waals surface area (Å²) in [6, 6.07) is 63.8. The van der Waals surface area contributed by atoms with E-state index in [1.165, 1.54) is 39.1 Å². The molecule has 2 heterocycles. The van der Waals surface area contributed by atoms with Crippen LogP contribution in [0.5, 0.6) is 0 Å². The minimum absolute atomic E-state index is 0.181. The van der Waals surface area contributed by atoms with Gasteiger partial charge in [-0.05, 0) is 95.1 Å². The first-order valence-corrected chi connectivity index (χ1v) is 18.9. The van der Waals surface area contributed by atoms with Crippen LogP contribution in [-0.4, -0.2) is 9.13 Å². The molecule has 0 N–H and O–H groups in total. The second kappa shape index (κ2) is 11.8. The summed E-state index contributed by atoms with van der Waals surface area (Å²) in [5.74, 6) is -0.266. The molecule has 55 heavy (non-hydrogen) atoms. The first kappa shape index (κ1) is 31.6.